The Morgan fingerprint density at radius 3 is 2.78 bits per heavy atom. The van der Waals surface area contributed by atoms with Crippen molar-refractivity contribution in [1.82, 2.24) is 14.8 Å². The fraction of sp³-hybridized carbons (Fsp3) is 0.684. The van der Waals surface area contributed by atoms with Crippen LogP contribution in [0.2, 0.25) is 0 Å². The van der Waals surface area contributed by atoms with Gasteiger partial charge in [0.05, 0.1) is 0 Å². The van der Waals surface area contributed by atoms with Crippen LogP contribution in [0.3, 0.4) is 0 Å². The maximum Gasteiger partial charge on any atom is 0.272 e. The van der Waals surface area contributed by atoms with E-state index >= 15 is 0 Å². The molecule has 1 saturated carbocycles. The number of fused-ring (bicyclic) bond motifs is 4. The van der Waals surface area contributed by atoms with Crippen molar-refractivity contribution in [3.63, 3.8) is 0 Å². The van der Waals surface area contributed by atoms with Crippen LogP contribution >= 0.6 is 0 Å². The Bertz CT molecular complexity index is 584. The maximum atomic E-state index is 12.9. The van der Waals surface area contributed by atoms with E-state index in [4.69, 9.17) is 0 Å². The molecule has 4 heteroatoms. The van der Waals surface area contributed by atoms with Crippen molar-refractivity contribution in [1.29, 1.82) is 0 Å². The van der Waals surface area contributed by atoms with Gasteiger partial charge in [-0.1, -0.05) is 12.5 Å². The lowest BCUT2D eigenvalue weighted by Crippen LogP contribution is -2.47. The molecule has 0 spiro atoms. The van der Waals surface area contributed by atoms with E-state index in [1.807, 2.05) is 25.1 Å². The summed E-state index contributed by atoms with van der Waals surface area (Å²) in [6.45, 7) is 6.19. The van der Waals surface area contributed by atoms with E-state index in [1.54, 1.807) is 0 Å². The number of carbonyl (C=O) groups excluding carboxylic acids is 1. The largest absolute Gasteiger partial charge is 0.335 e. The highest BCUT2D eigenvalue weighted by Gasteiger charge is 2.38. The Labute approximate surface area is 138 Å². The van der Waals surface area contributed by atoms with Crippen molar-refractivity contribution >= 4 is 5.91 Å². The maximum absolute atomic E-state index is 12.9. The number of hydrogen-bond donors (Lipinski definition) is 0. The molecule has 1 aromatic rings. The average Bonchev–Trinajstić information content (AvgIpc) is 2.82. The van der Waals surface area contributed by atoms with Gasteiger partial charge in [-0.05, 0) is 56.6 Å². The minimum atomic E-state index is 0.121. The van der Waals surface area contributed by atoms with Crippen LogP contribution in [-0.4, -0.2) is 52.9 Å². The van der Waals surface area contributed by atoms with Crippen LogP contribution in [0.25, 0.3) is 0 Å². The van der Waals surface area contributed by atoms with E-state index < -0.39 is 0 Å². The zero-order valence-corrected chi connectivity index (χ0v) is 14.1. The van der Waals surface area contributed by atoms with E-state index in [9.17, 15) is 4.79 Å². The molecule has 4 fully saturated rings. The minimum absolute atomic E-state index is 0.121. The summed E-state index contributed by atoms with van der Waals surface area (Å²) in [6.07, 6.45) is 6.75. The van der Waals surface area contributed by atoms with Gasteiger partial charge in [-0.3, -0.25) is 9.69 Å². The van der Waals surface area contributed by atoms with Crippen LogP contribution in [-0.2, 0) is 0 Å². The Morgan fingerprint density at radius 1 is 1.17 bits per heavy atom. The molecule has 4 heterocycles. The van der Waals surface area contributed by atoms with Crippen molar-refractivity contribution in [2.45, 2.75) is 45.1 Å². The number of rotatable bonds is 3. The van der Waals surface area contributed by atoms with Gasteiger partial charge in [-0.15, -0.1) is 0 Å². The summed E-state index contributed by atoms with van der Waals surface area (Å²) in [5.74, 6) is 1.68. The van der Waals surface area contributed by atoms with Crippen molar-refractivity contribution in [2.75, 3.05) is 26.2 Å². The third kappa shape index (κ3) is 3.14. The number of piperidine rings is 1. The zero-order valence-electron chi connectivity index (χ0n) is 14.1. The van der Waals surface area contributed by atoms with Gasteiger partial charge in [0.15, 0.2) is 0 Å². The van der Waals surface area contributed by atoms with Crippen molar-refractivity contribution < 1.29 is 4.79 Å². The molecule has 1 aliphatic carbocycles. The number of amides is 1. The summed E-state index contributed by atoms with van der Waals surface area (Å²) < 4.78 is 0. The lowest BCUT2D eigenvalue weighted by molar-refractivity contribution is 0.0712. The van der Waals surface area contributed by atoms with Gasteiger partial charge in [0.25, 0.3) is 5.91 Å². The third-order valence-corrected chi connectivity index (χ3v) is 5.94. The molecule has 0 aromatic carbocycles. The number of aromatic nitrogens is 1. The molecular formula is C19H27N3O. The molecule has 23 heavy (non-hydrogen) atoms. The van der Waals surface area contributed by atoms with Crippen LogP contribution in [0.5, 0.6) is 0 Å². The van der Waals surface area contributed by atoms with Crippen LogP contribution in [0.15, 0.2) is 18.2 Å². The lowest BCUT2D eigenvalue weighted by Gasteiger charge is -2.40. The number of aryl methyl sites for hydroxylation is 1. The van der Waals surface area contributed by atoms with E-state index in [1.165, 1.54) is 45.2 Å². The lowest BCUT2D eigenvalue weighted by atomic mass is 9.83. The smallest absolute Gasteiger partial charge is 0.272 e. The molecule has 4 aliphatic rings. The fourth-order valence-corrected chi connectivity index (χ4v) is 4.40. The van der Waals surface area contributed by atoms with Gasteiger partial charge in [0, 0.05) is 37.9 Å². The fourth-order valence-electron chi connectivity index (χ4n) is 4.40. The predicted molar refractivity (Wildman–Crippen MR) is 90.3 cm³/mol. The molecule has 0 unspecified atom stereocenters. The quantitative estimate of drug-likeness (QED) is 0.861. The highest BCUT2D eigenvalue weighted by Crippen LogP contribution is 2.33. The van der Waals surface area contributed by atoms with Crippen LogP contribution in [0.1, 0.15) is 48.3 Å². The van der Waals surface area contributed by atoms with Crippen LogP contribution in [0, 0.1) is 18.8 Å². The molecule has 3 saturated heterocycles. The Hall–Kier alpha value is -1.42. The molecule has 0 N–H and O–H groups in total. The minimum Gasteiger partial charge on any atom is -0.335 e. The molecule has 0 radical (unpaired) electrons. The first-order chi connectivity index (χ1) is 11.2. The monoisotopic (exact) mass is 313 g/mol. The number of pyridine rings is 1. The van der Waals surface area contributed by atoms with Gasteiger partial charge in [-0.2, -0.15) is 0 Å². The number of hydrogen-bond acceptors (Lipinski definition) is 3. The van der Waals surface area contributed by atoms with E-state index in [0.29, 0.717) is 17.7 Å². The molecule has 4 nitrogen and oxygen atoms in total. The summed E-state index contributed by atoms with van der Waals surface area (Å²) in [4.78, 5) is 22.1. The first-order valence-electron chi connectivity index (χ1n) is 9.16. The second-order valence-corrected chi connectivity index (χ2v) is 7.72. The Balaban J connectivity index is 1.47. The van der Waals surface area contributed by atoms with Gasteiger partial charge in [-0.25, -0.2) is 4.98 Å². The molecule has 124 valence electrons. The third-order valence-electron chi connectivity index (χ3n) is 5.94. The Morgan fingerprint density at radius 2 is 2.04 bits per heavy atom. The first-order valence-corrected chi connectivity index (χ1v) is 9.16. The zero-order chi connectivity index (χ0) is 15.8. The molecule has 5 rings (SSSR count). The Kier molecular flexibility index (Phi) is 4.10. The summed E-state index contributed by atoms with van der Waals surface area (Å²) in [7, 11) is 0. The summed E-state index contributed by atoms with van der Waals surface area (Å²) in [5, 5.41) is 0. The van der Waals surface area contributed by atoms with Crippen molar-refractivity contribution in [3.8, 4) is 0 Å². The van der Waals surface area contributed by atoms with Crippen LogP contribution in [0.4, 0.5) is 0 Å². The number of nitrogens with zero attached hydrogens (tertiary/aromatic N) is 3. The highest BCUT2D eigenvalue weighted by atomic mass is 16.2. The second kappa shape index (κ2) is 6.23. The van der Waals surface area contributed by atoms with Gasteiger partial charge >= 0.3 is 0 Å². The molecule has 1 amide bonds. The summed E-state index contributed by atoms with van der Waals surface area (Å²) in [5.41, 5.74) is 1.53. The van der Waals surface area contributed by atoms with Gasteiger partial charge in [0.1, 0.15) is 5.69 Å². The van der Waals surface area contributed by atoms with Gasteiger partial charge in [0.2, 0.25) is 0 Å². The highest BCUT2D eigenvalue weighted by molar-refractivity contribution is 5.92. The van der Waals surface area contributed by atoms with Gasteiger partial charge < -0.3 is 4.90 Å². The summed E-state index contributed by atoms with van der Waals surface area (Å²) in [6, 6.07) is 6.30. The van der Waals surface area contributed by atoms with Crippen LogP contribution < -0.4 is 0 Å². The topological polar surface area (TPSA) is 36.4 Å². The second-order valence-electron chi connectivity index (χ2n) is 7.72. The molecule has 2 bridgehead atoms. The standard InChI is InChI=1S/C19H27N3O/c1-14-4-2-7-18(20-14)19(23)22-12-16-8-9-17(13-22)21(11-16)10-15-5-3-6-15/h2,4,7,15-17H,3,5-6,8-13H2,1H3/t16-,17-/m1/s1. The SMILES string of the molecule is Cc1cccc(C(=O)N2C[C@@H]3CC[C@H](C2)N(CC2CCC2)C3)n1. The van der Waals surface area contributed by atoms with Crippen molar-refractivity contribution in [3.05, 3.63) is 29.6 Å². The molecular weight excluding hydrogens is 286 g/mol. The molecule has 2 atom stereocenters. The summed E-state index contributed by atoms with van der Waals surface area (Å²) >= 11 is 0. The van der Waals surface area contributed by atoms with E-state index in [2.05, 4.69) is 14.8 Å². The first kappa shape index (κ1) is 15.1. The van der Waals surface area contributed by atoms with E-state index in [0.717, 1.165) is 24.7 Å². The van der Waals surface area contributed by atoms with Crippen molar-refractivity contribution in [2.24, 2.45) is 11.8 Å². The molecule has 1 aromatic heterocycles. The normalized spacial score (nSPS) is 28.5. The predicted octanol–water partition coefficient (Wildman–Crippen LogP) is 2.73. The number of carbonyl (C=O) groups is 1. The molecule has 3 aliphatic heterocycles. The van der Waals surface area contributed by atoms with E-state index in [-0.39, 0.29) is 5.91 Å². The average molecular weight is 313 g/mol.